The van der Waals surface area contributed by atoms with Gasteiger partial charge in [0.25, 0.3) is 5.91 Å². The quantitative estimate of drug-likeness (QED) is 0.714. The predicted molar refractivity (Wildman–Crippen MR) is 88.6 cm³/mol. The van der Waals surface area contributed by atoms with Crippen molar-refractivity contribution in [3.05, 3.63) is 88.4 Å². The van der Waals surface area contributed by atoms with Crippen LogP contribution in [0.4, 0.5) is 0 Å². The lowest BCUT2D eigenvalue weighted by Crippen LogP contribution is -2.30. The molecule has 3 nitrogen and oxygen atoms in total. The number of nitrogens with zero attached hydrogens (tertiary/aromatic N) is 2. The molecular formula is C18H16N2OS. The summed E-state index contributed by atoms with van der Waals surface area (Å²) in [5, 5.41) is 4.10. The molecule has 0 aliphatic carbocycles. The molecule has 0 bridgehead atoms. The van der Waals surface area contributed by atoms with E-state index < -0.39 is 0 Å². The fourth-order valence-electron chi connectivity index (χ4n) is 2.25. The number of aromatic nitrogens is 1. The number of hydrogen-bond donors (Lipinski definition) is 0. The van der Waals surface area contributed by atoms with E-state index in [-0.39, 0.29) is 5.91 Å². The molecule has 0 fully saturated rings. The molecule has 0 radical (unpaired) electrons. The van der Waals surface area contributed by atoms with Crippen LogP contribution in [0, 0.1) is 0 Å². The first-order valence-corrected chi connectivity index (χ1v) is 8.02. The van der Waals surface area contributed by atoms with E-state index in [2.05, 4.69) is 10.4 Å². The zero-order valence-electron chi connectivity index (χ0n) is 12.1. The van der Waals surface area contributed by atoms with Crippen LogP contribution in [0.2, 0.25) is 0 Å². The minimum absolute atomic E-state index is 0.0254. The zero-order valence-corrected chi connectivity index (χ0v) is 12.9. The van der Waals surface area contributed by atoms with Crippen LogP contribution < -0.4 is 0 Å². The van der Waals surface area contributed by atoms with E-state index in [1.54, 1.807) is 17.5 Å². The Balaban J connectivity index is 1.84. The maximum Gasteiger partial charge on any atom is 0.254 e. The molecule has 0 spiro atoms. The average molecular weight is 308 g/mol. The molecule has 0 N–H and O–H groups in total. The van der Waals surface area contributed by atoms with Gasteiger partial charge in [0.1, 0.15) is 0 Å². The van der Waals surface area contributed by atoms with Gasteiger partial charge in [-0.15, -0.1) is 0 Å². The van der Waals surface area contributed by atoms with Crippen molar-refractivity contribution < 1.29 is 4.79 Å². The third-order valence-electron chi connectivity index (χ3n) is 3.34. The van der Waals surface area contributed by atoms with Gasteiger partial charge in [-0.2, -0.15) is 11.3 Å². The molecule has 4 heteroatoms. The van der Waals surface area contributed by atoms with Crippen LogP contribution in [0.15, 0.2) is 71.6 Å². The van der Waals surface area contributed by atoms with E-state index in [1.807, 2.05) is 64.9 Å². The third-order valence-corrected chi connectivity index (χ3v) is 4.07. The van der Waals surface area contributed by atoms with E-state index in [4.69, 9.17) is 0 Å². The summed E-state index contributed by atoms with van der Waals surface area (Å²) in [6.45, 7) is 1.10. The molecule has 22 heavy (non-hydrogen) atoms. The highest BCUT2D eigenvalue weighted by molar-refractivity contribution is 7.07. The first-order chi connectivity index (χ1) is 10.8. The monoisotopic (exact) mass is 308 g/mol. The van der Waals surface area contributed by atoms with Gasteiger partial charge >= 0.3 is 0 Å². The summed E-state index contributed by atoms with van der Waals surface area (Å²) in [5.74, 6) is 0.0254. The maximum absolute atomic E-state index is 12.8. The molecule has 0 saturated heterocycles. The molecule has 1 aromatic carbocycles. The van der Waals surface area contributed by atoms with Gasteiger partial charge < -0.3 is 4.90 Å². The lowest BCUT2D eigenvalue weighted by molar-refractivity contribution is 0.0728. The van der Waals surface area contributed by atoms with Gasteiger partial charge in [-0.1, -0.05) is 24.3 Å². The summed E-state index contributed by atoms with van der Waals surface area (Å²) in [4.78, 5) is 18.9. The molecule has 110 valence electrons. The minimum atomic E-state index is 0.0254. The molecule has 1 amide bonds. The zero-order chi connectivity index (χ0) is 15.2. The molecule has 3 aromatic rings. The molecular weight excluding hydrogens is 292 g/mol. The number of carbonyl (C=O) groups excluding carboxylic acids is 1. The van der Waals surface area contributed by atoms with Gasteiger partial charge in [0.15, 0.2) is 0 Å². The molecule has 2 aromatic heterocycles. The van der Waals surface area contributed by atoms with Gasteiger partial charge in [-0.25, -0.2) is 0 Å². The number of rotatable bonds is 5. The normalized spacial score (nSPS) is 10.4. The van der Waals surface area contributed by atoms with Gasteiger partial charge in [0, 0.05) is 18.3 Å². The van der Waals surface area contributed by atoms with Crippen LogP contribution in [0.25, 0.3) is 0 Å². The predicted octanol–water partition coefficient (Wildman–Crippen LogP) is 3.99. The topological polar surface area (TPSA) is 33.2 Å². The van der Waals surface area contributed by atoms with Crippen molar-refractivity contribution in [2.24, 2.45) is 0 Å². The minimum Gasteiger partial charge on any atom is -0.328 e. The molecule has 0 unspecified atom stereocenters. The second kappa shape index (κ2) is 7.00. The van der Waals surface area contributed by atoms with E-state index in [0.717, 1.165) is 11.3 Å². The Morgan fingerprint density at radius 2 is 1.82 bits per heavy atom. The Hall–Kier alpha value is -2.46. The highest BCUT2D eigenvalue weighted by atomic mass is 32.1. The van der Waals surface area contributed by atoms with Gasteiger partial charge in [0.05, 0.1) is 12.2 Å². The van der Waals surface area contributed by atoms with Crippen molar-refractivity contribution in [2.75, 3.05) is 0 Å². The standard InChI is InChI=1S/C18H16N2OS/c21-18(16-6-2-1-3-7-16)20(12-15-9-11-22-14-15)13-17-8-4-5-10-19-17/h1-11,14H,12-13H2. The van der Waals surface area contributed by atoms with E-state index in [0.29, 0.717) is 18.7 Å². The molecule has 3 rings (SSSR count). The van der Waals surface area contributed by atoms with Crippen molar-refractivity contribution in [3.63, 3.8) is 0 Å². The van der Waals surface area contributed by atoms with Crippen LogP contribution in [0.5, 0.6) is 0 Å². The van der Waals surface area contributed by atoms with E-state index >= 15 is 0 Å². The fourth-order valence-corrected chi connectivity index (χ4v) is 2.91. The number of carbonyl (C=O) groups is 1. The largest absolute Gasteiger partial charge is 0.328 e. The Morgan fingerprint density at radius 3 is 2.50 bits per heavy atom. The van der Waals surface area contributed by atoms with Crippen LogP contribution in [-0.4, -0.2) is 15.8 Å². The van der Waals surface area contributed by atoms with Crippen LogP contribution in [0.1, 0.15) is 21.6 Å². The SMILES string of the molecule is O=C(c1ccccc1)N(Cc1ccsc1)Cc1ccccn1. The second-order valence-corrected chi connectivity index (χ2v) is 5.76. The summed E-state index contributed by atoms with van der Waals surface area (Å²) in [6.07, 6.45) is 1.76. The Bertz CT molecular complexity index is 711. The number of amides is 1. The fraction of sp³-hybridized carbons (Fsp3) is 0.111. The lowest BCUT2D eigenvalue weighted by atomic mass is 10.1. The molecule has 0 aliphatic rings. The first-order valence-electron chi connectivity index (χ1n) is 7.08. The number of thiophene rings is 1. The molecule has 0 atom stereocenters. The van der Waals surface area contributed by atoms with Crippen molar-refractivity contribution in [3.8, 4) is 0 Å². The molecule has 2 heterocycles. The van der Waals surface area contributed by atoms with Crippen LogP contribution in [0.3, 0.4) is 0 Å². The highest BCUT2D eigenvalue weighted by Gasteiger charge is 2.17. The number of hydrogen-bond acceptors (Lipinski definition) is 3. The third kappa shape index (κ3) is 3.59. The average Bonchev–Trinajstić information content (AvgIpc) is 3.08. The number of benzene rings is 1. The van der Waals surface area contributed by atoms with Crippen molar-refractivity contribution in [2.45, 2.75) is 13.1 Å². The summed E-state index contributed by atoms with van der Waals surface area (Å²) in [7, 11) is 0. The van der Waals surface area contributed by atoms with Crippen molar-refractivity contribution in [1.82, 2.24) is 9.88 Å². The van der Waals surface area contributed by atoms with Crippen molar-refractivity contribution >= 4 is 17.2 Å². The van der Waals surface area contributed by atoms with Gasteiger partial charge in [-0.05, 0) is 46.7 Å². The Kier molecular flexibility index (Phi) is 4.61. The summed E-state index contributed by atoms with van der Waals surface area (Å²) < 4.78 is 0. The smallest absolute Gasteiger partial charge is 0.254 e. The van der Waals surface area contributed by atoms with Crippen LogP contribution in [-0.2, 0) is 13.1 Å². The van der Waals surface area contributed by atoms with Gasteiger partial charge in [0.2, 0.25) is 0 Å². The highest BCUT2D eigenvalue weighted by Crippen LogP contribution is 2.15. The first kappa shape index (κ1) is 14.5. The molecule has 0 saturated carbocycles. The van der Waals surface area contributed by atoms with Crippen molar-refractivity contribution in [1.29, 1.82) is 0 Å². The van der Waals surface area contributed by atoms with Gasteiger partial charge in [-0.3, -0.25) is 9.78 Å². The summed E-state index contributed by atoms with van der Waals surface area (Å²) in [6, 6.07) is 17.2. The maximum atomic E-state index is 12.8. The summed E-state index contributed by atoms with van der Waals surface area (Å²) in [5.41, 5.74) is 2.74. The number of pyridine rings is 1. The van der Waals surface area contributed by atoms with Crippen LogP contribution >= 0.6 is 11.3 Å². The Labute approximate surface area is 133 Å². The Morgan fingerprint density at radius 1 is 1.00 bits per heavy atom. The van der Waals surface area contributed by atoms with E-state index in [9.17, 15) is 4.79 Å². The molecule has 0 aliphatic heterocycles. The van der Waals surface area contributed by atoms with E-state index in [1.165, 1.54) is 0 Å². The summed E-state index contributed by atoms with van der Waals surface area (Å²) >= 11 is 1.64. The lowest BCUT2D eigenvalue weighted by Gasteiger charge is -2.22. The second-order valence-electron chi connectivity index (χ2n) is 4.98.